The molecule has 0 aromatic heterocycles. The molecule has 0 fully saturated rings. The van der Waals surface area contributed by atoms with E-state index < -0.39 is 40.0 Å². The molecule has 8 nitrogen and oxygen atoms in total. The van der Waals surface area contributed by atoms with Crippen LogP contribution in [-0.4, -0.2) is 64.8 Å². The lowest BCUT2D eigenvalue weighted by molar-refractivity contribution is -0.202. The molecule has 2 aromatic rings. The Morgan fingerprint density at radius 2 is 1.51 bits per heavy atom. The Morgan fingerprint density at radius 3 is 2.07 bits per heavy atom. The molecule has 2 aromatic carbocycles. The number of aliphatic hydroxyl groups excluding tert-OH is 1. The molecule has 0 aliphatic carbocycles. The van der Waals surface area contributed by atoms with Gasteiger partial charge in [0.25, 0.3) is 0 Å². The average Bonchev–Trinajstić information content (AvgIpc) is 3.26. The van der Waals surface area contributed by atoms with E-state index in [1.807, 2.05) is 19.1 Å². The number of ether oxygens (including phenoxy) is 4. The standard InChI is InChI=1S/C30H44ClNO7Si2/c1-21(32-20-25(33)23-9-8-10-24(31)19-23)17-22-11-12-26-27(18-22)39-30(38-26,28(34)36-13-15-40(2,3)4)29(35)37-14-16-41(5,6)7/h8-12,18-19,21,25,32-33H,13-17,20H2,1-7H3. The third-order valence-corrected chi connectivity index (χ3v) is 10.3. The van der Waals surface area contributed by atoms with E-state index in [0.717, 1.165) is 23.2 Å². The first-order valence-electron chi connectivity index (χ1n) is 14.1. The molecule has 41 heavy (non-hydrogen) atoms. The highest BCUT2D eigenvalue weighted by molar-refractivity contribution is 6.76. The third-order valence-electron chi connectivity index (χ3n) is 6.66. The van der Waals surface area contributed by atoms with Crippen molar-refractivity contribution in [1.82, 2.24) is 5.32 Å². The van der Waals surface area contributed by atoms with Gasteiger partial charge in [-0.25, -0.2) is 9.59 Å². The van der Waals surface area contributed by atoms with Gasteiger partial charge in [0.2, 0.25) is 0 Å². The zero-order valence-corrected chi connectivity index (χ0v) is 28.0. The van der Waals surface area contributed by atoms with Gasteiger partial charge in [0.1, 0.15) is 0 Å². The van der Waals surface area contributed by atoms with Gasteiger partial charge in [0.05, 0.1) is 19.3 Å². The van der Waals surface area contributed by atoms with Crippen molar-refractivity contribution in [3.8, 4) is 11.5 Å². The van der Waals surface area contributed by atoms with E-state index in [4.69, 9.17) is 30.5 Å². The molecule has 1 aliphatic rings. The van der Waals surface area contributed by atoms with Crippen LogP contribution < -0.4 is 14.8 Å². The van der Waals surface area contributed by atoms with Crippen LogP contribution in [0.25, 0.3) is 0 Å². The van der Waals surface area contributed by atoms with Gasteiger partial charge in [-0.15, -0.1) is 0 Å². The molecule has 1 aliphatic heterocycles. The summed E-state index contributed by atoms with van der Waals surface area (Å²) in [4.78, 5) is 26.6. The zero-order chi connectivity index (χ0) is 30.4. The number of fused-ring (bicyclic) bond motifs is 1. The fourth-order valence-electron chi connectivity index (χ4n) is 4.08. The van der Waals surface area contributed by atoms with Gasteiger partial charge in [-0.1, -0.05) is 69.1 Å². The number of esters is 2. The Bertz CT molecular complexity index is 1180. The van der Waals surface area contributed by atoms with Crippen LogP contribution in [0.4, 0.5) is 0 Å². The fourth-order valence-corrected chi connectivity index (χ4v) is 5.71. The minimum Gasteiger partial charge on any atom is -0.460 e. The normalized spacial score (nSPS) is 15.7. The summed E-state index contributed by atoms with van der Waals surface area (Å²) in [5.74, 6) is -3.59. The predicted octanol–water partition coefficient (Wildman–Crippen LogP) is 5.82. The molecule has 0 bridgehead atoms. The van der Waals surface area contributed by atoms with Crippen LogP contribution in [-0.2, 0) is 25.5 Å². The molecule has 0 saturated carbocycles. The van der Waals surface area contributed by atoms with Crippen LogP contribution in [0, 0.1) is 0 Å². The van der Waals surface area contributed by atoms with Gasteiger partial charge in [-0.05, 0) is 60.8 Å². The van der Waals surface area contributed by atoms with Crippen LogP contribution >= 0.6 is 11.6 Å². The Kier molecular flexibility index (Phi) is 11.1. The van der Waals surface area contributed by atoms with Crippen molar-refractivity contribution < 1.29 is 33.6 Å². The third kappa shape index (κ3) is 9.85. The van der Waals surface area contributed by atoms with E-state index in [0.29, 0.717) is 18.0 Å². The Balaban J connectivity index is 1.68. The highest BCUT2D eigenvalue weighted by atomic mass is 35.5. The molecular formula is C30H44ClNO7Si2. The summed E-state index contributed by atoms with van der Waals surface area (Å²) >= 11 is 6.04. The minimum absolute atomic E-state index is 0.00650. The second-order valence-corrected chi connectivity index (χ2v) is 24.8. The van der Waals surface area contributed by atoms with Gasteiger partial charge >= 0.3 is 17.7 Å². The molecule has 226 valence electrons. The quantitative estimate of drug-likeness (QED) is 0.154. The second-order valence-electron chi connectivity index (χ2n) is 13.1. The van der Waals surface area contributed by atoms with Crippen molar-refractivity contribution in [1.29, 1.82) is 0 Å². The average molecular weight is 622 g/mol. The molecular weight excluding hydrogens is 578 g/mol. The molecule has 1 heterocycles. The van der Waals surface area contributed by atoms with Gasteiger partial charge < -0.3 is 29.4 Å². The molecule has 0 radical (unpaired) electrons. The highest BCUT2D eigenvalue weighted by Crippen LogP contribution is 2.41. The fraction of sp³-hybridized carbons (Fsp3) is 0.533. The molecule has 3 rings (SSSR count). The molecule has 0 amide bonds. The summed E-state index contributed by atoms with van der Waals surface area (Å²) in [7, 11) is -2.96. The maximum absolute atomic E-state index is 13.3. The number of carbonyl (C=O) groups excluding carboxylic acids is 2. The number of aliphatic hydroxyl groups is 1. The van der Waals surface area contributed by atoms with E-state index in [1.165, 1.54) is 0 Å². The smallest absolute Gasteiger partial charge is 0.453 e. The van der Waals surface area contributed by atoms with Crippen molar-refractivity contribution in [2.75, 3.05) is 19.8 Å². The lowest BCUT2D eigenvalue weighted by Gasteiger charge is -2.25. The number of nitrogens with one attached hydrogen (secondary N) is 1. The predicted molar refractivity (Wildman–Crippen MR) is 166 cm³/mol. The highest BCUT2D eigenvalue weighted by Gasteiger charge is 2.60. The van der Waals surface area contributed by atoms with Crippen LogP contribution in [0.2, 0.25) is 56.4 Å². The molecule has 0 spiro atoms. The second kappa shape index (κ2) is 13.7. The first kappa shape index (κ1) is 33.1. The largest absolute Gasteiger partial charge is 0.460 e. The lowest BCUT2D eigenvalue weighted by atomic mass is 10.1. The number of hydrogen-bond acceptors (Lipinski definition) is 8. The molecule has 11 heteroatoms. The summed E-state index contributed by atoms with van der Waals surface area (Å²) in [6.45, 7) is 15.8. The van der Waals surface area contributed by atoms with Crippen LogP contribution in [0.3, 0.4) is 0 Å². The SMILES string of the molecule is CC(Cc1ccc2c(c1)OC(C(=O)OCC[Si](C)(C)C)(C(=O)OCC[Si](C)(C)C)O2)NCC(O)c1cccc(Cl)c1. The topological polar surface area (TPSA) is 103 Å². The van der Waals surface area contributed by atoms with Gasteiger partial charge in [0.15, 0.2) is 11.5 Å². The molecule has 2 atom stereocenters. The zero-order valence-electron chi connectivity index (χ0n) is 25.2. The van der Waals surface area contributed by atoms with E-state index in [1.54, 1.807) is 30.3 Å². The molecule has 2 N–H and O–H groups in total. The number of carbonyl (C=O) groups is 2. The Morgan fingerprint density at radius 1 is 0.927 bits per heavy atom. The van der Waals surface area contributed by atoms with Crippen molar-refractivity contribution in [3.05, 3.63) is 58.6 Å². The van der Waals surface area contributed by atoms with Crippen molar-refractivity contribution >= 4 is 39.7 Å². The maximum Gasteiger partial charge on any atom is 0.453 e. The van der Waals surface area contributed by atoms with Gasteiger partial charge in [0, 0.05) is 33.8 Å². The van der Waals surface area contributed by atoms with Crippen molar-refractivity contribution in [2.45, 2.75) is 82.6 Å². The maximum atomic E-state index is 13.3. The summed E-state index contributed by atoms with van der Waals surface area (Å²) in [6.07, 6.45) is -0.0971. The van der Waals surface area contributed by atoms with Crippen molar-refractivity contribution in [2.24, 2.45) is 0 Å². The number of hydrogen-bond donors (Lipinski definition) is 2. The van der Waals surface area contributed by atoms with Crippen LogP contribution in [0.1, 0.15) is 24.2 Å². The number of rotatable bonds is 14. The van der Waals surface area contributed by atoms with E-state index >= 15 is 0 Å². The number of halogens is 1. The molecule has 0 saturated heterocycles. The Labute approximate surface area is 250 Å². The van der Waals surface area contributed by atoms with E-state index in [2.05, 4.69) is 44.6 Å². The summed E-state index contributed by atoms with van der Waals surface area (Å²) in [5.41, 5.74) is 1.64. The number of benzene rings is 2. The van der Waals surface area contributed by atoms with E-state index in [9.17, 15) is 14.7 Å². The van der Waals surface area contributed by atoms with E-state index in [-0.39, 0.29) is 30.8 Å². The first-order valence-corrected chi connectivity index (χ1v) is 21.9. The lowest BCUT2D eigenvalue weighted by Crippen LogP contribution is -2.56. The van der Waals surface area contributed by atoms with Gasteiger partial charge in [-0.3, -0.25) is 0 Å². The Hall–Kier alpha value is -2.38. The summed E-state index contributed by atoms with van der Waals surface area (Å²) in [5, 5.41) is 14.4. The summed E-state index contributed by atoms with van der Waals surface area (Å²) < 4.78 is 22.8. The van der Waals surface area contributed by atoms with Crippen molar-refractivity contribution in [3.63, 3.8) is 0 Å². The first-order chi connectivity index (χ1) is 19.1. The summed E-state index contributed by atoms with van der Waals surface area (Å²) in [6, 6.07) is 13.9. The molecule has 2 unspecified atom stereocenters. The minimum atomic E-state index is -2.33. The monoisotopic (exact) mass is 621 g/mol. The van der Waals surface area contributed by atoms with Crippen LogP contribution in [0.5, 0.6) is 11.5 Å². The van der Waals surface area contributed by atoms with Gasteiger partial charge in [-0.2, -0.15) is 0 Å². The van der Waals surface area contributed by atoms with Crippen LogP contribution in [0.15, 0.2) is 42.5 Å².